The van der Waals surface area contributed by atoms with E-state index in [0.29, 0.717) is 5.69 Å². The van der Waals surface area contributed by atoms with Crippen LogP contribution in [0, 0.1) is 0 Å². The largest absolute Gasteiger partial charge is 0.466 e. The van der Waals surface area contributed by atoms with E-state index in [4.69, 9.17) is 0 Å². The second kappa shape index (κ2) is 5.11. The van der Waals surface area contributed by atoms with Gasteiger partial charge in [-0.2, -0.15) is 12.7 Å². The third-order valence-corrected chi connectivity index (χ3v) is 3.55. The molecule has 94 valence electrons. The molecule has 17 heavy (non-hydrogen) atoms. The van der Waals surface area contributed by atoms with Crippen molar-refractivity contribution in [2.75, 3.05) is 21.2 Å². The van der Waals surface area contributed by atoms with Gasteiger partial charge < -0.3 is 4.74 Å². The second-order valence-corrected chi connectivity index (χ2v) is 5.32. The Hall–Kier alpha value is -1.67. The summed E-state index contributed by atoms with van der Waals surface area (Å²) in [6.07, 6.45) is 4.99. The molecule has 0 atom stereocenters. The number of hydrogen-bond donors (Lipinski definition) is 0. The van der Waals surface area contributed by atoms with Crippen LogP contribution in [0.2, 0.25) is 0 Å². The summed E-state index contributed by atoms with van der Waals surface area (Å²) < 4.78 is 29.8. The van der Waals surface area contributed by atoms with Crippen LogP contribution in [0.15, 0.2) is 18.6 Å². The molecule has 0 aromatic carbocycles. The maximum Gasteiger partial charge on any atom is 0.330 e. The van der Waals surface area contributed by atoms with Crippen molar-refractivity contribution < 1.29 is 17.9 Å². The van der Waals surface area contributed by atoms with Crippen molar-refractivity contribution in [3.05, 3.63) is 24.3 Å². The number of rotatable bonds is 4. The van der Waals surface area contributed by atoms with Crippen LogP contribution in [-0.2, 0) is 19.7 Å². The van der Waals surface area contributed by atoms with Gasteiger partial charge in [0.2, 0.25) is 0 Å². The van der Waals surface area contributed by atoms with Gasteiger partial charge in [0.1, 0.15) is 6.33 Å². The molecule has 8 heteroatoms. The van der Waals surface area contributed by atoms with Crippen LogP contribution in [0.1, 0.15) is 5.69 Å². The number of nitrogens with zero attached hydrogens (tertiary/aromatic N) is 3. The van der Waals surface area contributed by atoms with Gasteiger partial charge in [0.05, 0.1) is 12.8 Å². The maximum atomic E-state index is 11.7. The van der Waals surface area contributed by atoms with Crippen LogP contribution in [0.25, 0.3) is 6.08 Å². The van der Waals surface area contributed by atoms with Crippen molar-refractivity contribution in [2.24, 2.45) is 0 Å². The molecule has 1 aromatic rings. The minimum absolute atomic E-state index is 0.348. The highest BCUT2D eigenvalue weighted by Gasteiger charge is 2.15. The predicted molar refractivity (Wildman–Crippen MR) is 61.3 cm³/mol. The van der Waals surface area contributed by atoms with E-state index in [-0.39, 0.29) is 0 Å². The van der Waals surface area contributed by atoms with Gasteiger partial charge in [0, 0.05) is 26.4 Å². The van der Waals surface area contributed by atoms with Crippen LogP contribution in [0.4, 0.5) is 0 Å². The lowest BCUT2D eigenvalue weighted by atomic mass is 10.4. The number of methoxy groups -OCH3 is 1. The second-order valence-electron chi connectivity index (χ2n) is 3.28. The van der Waals surface area contributed by atoms with E-state index in [1.54, 1.807) is 0 Å². The SMILES string of the molecule is COC(=O)/C=C/c1cn(S(=O)(=O)N(C)C)cn1. The van der Waals surface area contributed by atoms with E-state index in [2.05, 4.69) is 9.72 Å². The fourth-order valence-electron chi connectivity index (χ4n) is 0.943. The number of esters is 1. The molecule has 0 unspecified atom stereocenters. The number of ether oxygens (including phenoxy) is 1. The van der Waals surface area contributed by atoms with Crippen LogP contribution in [0.5, 0.6) is 0 Å². The van der Waals surface area contributed by atoms with E-state index in [1.807, 2.05) is 0 Å². The van der Waals surface area contributed by atoms with Crippen LogP contribution >= 0.6 is 0 Å². The van der Waals surface area contributed by atoms with E-state index < -0.39 is 16.2 Å². The topological polar surface area (TPSA) is 81.5 Å². The highest BCUT2D eigenvalue weighted by atomic mass is 32.2. The first-order valence-corrected chi connectivity index (χ1v) is 6.00. The van der Waals surface area contributed by atoms with Crippen molar-refractivity contribution in [1.29, 1.82) is 0 Å². The number of aromatic nitrogens is 2. The lowest BCUT2D eigenvalue weighted by Gasteiger charge is -2.10. The quantitative estimate of drug-likeness (QED) is 0.549. The zero-order chi connectivity index (χ0) is 13.1. The first kappa shape index (κ1) is 13.4. The Morgan fingerprint density at radius 1 is 1.53 bits per heavy atom. The minimum atomic E-state index is -3.56. The Kier molecular flexibility index (Phi) is 4.02. The Bertz CT molecular complexity index is 530. The van der Waals surface area contributed by atoms with Gasteiger partial charge in [0.15, 0.2) is 0 Å². The fourth-order valence-corrected chi connectivity index (χ4v) is 1.73. The summed E-state index contributed by atoms with van der Waals surface area (Å²) in [5.41, 5.74) is 0.348. The molecule has 0 aliphatic rings. The molecule has 0 bridgehead atoms. The summed E-state index contributed by atoms with van der Waals surface area (Å²) in [7, 11) is 0.521. The third-order valence-electron chi connectivity index (χ3n) is 1.90. The van der Waals surface area contributed by atoms with E-state index in [1.165, 1.54) is 33.5 Å². The van der Waals surface area contributed by atoms with Crippen LogP contribution in [0.3, 0.4) is 0 Å². The smallest absolute Gasteiger partial charge is 0.330 e. The molecule has 7 nitrogen and oxygen atoms in total. The summed E-state index contributed by atoms with van der Waals surface area (Å²) in [6, 6.07) is 0. The van der Waals surface area contributed by atoms with Gasteiger partial charge in [0.25, 0.3) is 0 Å². The average Bonchev–Trinajstić information content (AvgIpc) is 2.74. The standard InChI is InChI=1S/C9H13N3O4S/c1-11(2)17(14,15)12-6-8(10-7-12)4-5-9(13)16-3/h4-7H,1-3H3/b5-4+. The molecule has 1 aromatic heterocycles. The third kappa shape index (κ3) is 3.14. The molecular formula is C9H13N3O4S. The zero-order valence-corrected chi connectivity index (χ0v) is 10.5. The highest BCUT2D eigenvalue weighted by molar-refractivity contribution is 7.87. The molecule has 0 amide bonds. The molecule has 0 spiro atoms. The first-order chi connectivity index (χ1) is 7.87. The first-order valence-electron chi connectivity index (χ1n) is 4.61. The molecule has 1 rings (SSSR count). The normalized spacial score (nSPS) is 12.2. The summed E-state index contributed by atoms with van der Waals surface area (Å²) in [4.78, 5) is 14.7. The predicted octanol–water partition coefficient (Wildman–Crippen LogP) is -0.276. The molecule has 0 aliphatic carbocycles. The van der Waals surface area contributed by atoms with Gasteiger partial charge in [-0.25, -0.2) is 13.8 Å². The summed E-state index contributed by atoms with van der Waals surface area (Å²) in [5, 5.41) is 0. The van der Waals surface area contributed by atoms with Crippen LogP contribution < -0.4 is 0 Å². The molecule has 0 radical (unpaired) electrons. The molecular weight excluding hydrogens is 246 g/mol. The van der Waals surface area contributed by atoms with Gasteiger partial charge in [-0.15, -0.1) is 0 Å². The van der Waals surface area contributed by atoms with Gasteiger partial charge >= 0.3 is 16.2 Å². The summed E-state index contributed by atoms with van der Waals surface area (Å²) >= 11 is 0. The highest BCUT2D eigenvalue weighted by Crippen LogP contribution is 2.05. The lowest BCUT2D eigenvalue weighted by Crippen LogP contribution is -2.27. The fraction of sp³-hybridized carbons (Fsp3) is 0.333. The van der Waals surface area contributed by atoms with Crippen molar-refractivity contribution in [1.82, 2.24) is 13.3 Å². The number of hydrogen-bond acceptors (Lipinski definition) is 5. The van der Waals surface area contributed by atoms with Gasteiger partial charge in [-0.3, -0.25) is 0 Å². The molecule has 1 heterocycles. The Morgan fingerprint density at radius 3 is 2.71 bits per heavy atom. The van der Waals surface area contributed by atoms with Gasteiger partial charge in [-0.05, 0) is 6.08 Å². The van der Waals surface area contributed by atoms with Crippen molar-refractivity contribution in [3.63, 3.8) is 0 Å². The molecule has 0 aliphatic heterocycles. The lowest BCUT2D eigenvalue weighted by molar-refractivity contribution is -0.134. The van der Waals surface area contributed by atoms with E-state index in [0.717, 1.165) is 20.7 Å². The van der Waals surface area contributed by atoms with Crippen LogP contribution in [-0.4, -0.2) is 48.9 Å². The molecule has 0 fully saturated rings. The monoisotopic (exact) mass is 259 g/mol. The van der Waals surface area contributed by atoms with Crippen molar-refractivity contribution in [2.45, 2.75) is 0 Å². The minimum Gasteiger partial charge on any atom is -0.466 e. The summed E-state index contributed by atoms with van der Waals surface area (Å²) in [5.74, 6) is -0.532. The van der Waals surface area contributed by atoms with Crippen molar-refractivity contribution >= 4 is 22.3 Å². The number of imidazole rings is 1. The zero-order valence-electron chi connectivity index (χ0n) is 9.69. The Morgan fingerprint density at radius 2 is 2.18 bits per heavy atom. The molecule has 0 N–H and O–H groups in total. The Balaban J connectivity index is 2.94. The average molecular weight is 259 g/mol. The van der Waals surface area contributed by atoms with Crippen molar-refractivity contribution in [3.8, 4) is 0 Å². The van der Waals surface area contributed by atoms with Gasteiger partial charge in [-0.1, -0.05) is 0 Å². The van der Waals surface area contributed by atoms with E-state index >= 15 is 0 Å². The number of carbonyl (C=O) groups is 1. The Labute approximate surface area is 99.5 Å². The molecule has 0 saturated heterocycles. The summed E-state index contributed by atoms with van der Waals surface area (Å²) in [6.45, 7) is 0. The maximum absolute atomic E-state index is 11.7. The number of carbonyl (C=O) groups excluding carboxylic acids is 1. The van der Waals surface area contributed by atoms with E-state index in [9.17, 15) is 13.2 Å². The molecule has 0 saturated carbocycles.